The normalized spacial score (nSPS) is 18.9. The molecule has 0 aromatic heterocycles. The molecule has 2 heterocycles. The molecule has 2 aliphatic heterocycles. The van der Waals surface area contributed by atoms with Crippen molar-refractivity contribution in [1.82, 2.24) is 20.4 Å². The van der Waals surface area contributed by atoms with Crippen LogP contribution in [0.2, 0.25) is 0 Å². The summed E-state index contributed by atoms with van der Waals surface area (Å²) in [6, 6.07) is 24.5. The van der Waals surface area contributed by atoms with Gasteiger partial charge in [-0.25, -0.2) is 8.78 Å². The first-order chi connectivity index (χ1) is 26.0. The van der Waals surface area contributed by atoms with Gasteiger partial charge >= 0.3 is 0 Å². The molecular weight excluding hydrogens is 687 g/mol. The summed E-state index contributed by atoms with van der Waals surface area (Å²) in [6.07, 6.45) is 4.66. The first kappa shape index (κ1) is 39.2. The summed E-state index contributed by atoms with van der Waals surface area (Å²) in [4.78, 5) is 30.5. The Kier molecular flexibility index (Phi) is 12.6. The van der Waals surface area contributed by atoms with E-state index < -0.39 is 11.2 Å². The summed E-state index contributed by atoms with van der Waals surface area (Å²) < 4.78 is 40.6. The molecule has 0 spiro atoms. The molecule has 2 unspecified atom stereocenters. The zero-order chi connectivity index (χ0) is 38.3. The molecule has 286 valence electrons. The van der Waals surface area contributed by atoms with Crippen molar-refractivity contribution in [1.29, 1.82) is 0 Å². The summed E-state index contributed by atoms with van der Waals surface area (Å²) in [5.41, 5.74) is 5.53. The number of nitrogens with zero attached hydrogens (tertiary/aromatic N) is 2. The van der Waals surface area contributed by atoms with Crippen molar-refractivity contribution in [3.8, 4) is 0 Å². The van der Waals surface area contributed by atoms with Crippen LogP contribution in [0, 0.1) is 11.6 Å². The third-order valence-electron chi connectivity index (χ3n) is 10.6. The number of rotatable bonds is 17. The fourth-order valence-corrected chi connectivity index (χ4v) is 7.82. The molecule has 54 heavy (non-hydrogen) atoms. The Balaban J connectivity index is 1.00. The summed E-state index contributed by atoms with van der Waals surface area (Å²) >= 11 is 0. The number of carbonyl (C=O) groups excluding carboxylic acids is 2. The standard InChI is InChI=1S/C44H52F2N4O4/c1-49(2)25-7-21-43(35-11-15-37(45)16-12-35)39-19-9-31(27-33(39)29-53-43)41(51)47-23-5-6-24-48-42(52)32-10-20-40-34(28-32)30-54-44(40,22-8-26-50(3)4)36-13-17-38(46)18-14-36/h9-20,27-28H,5-8,21-26,29-30H2,1-4H3,(H,47,51)(H,48,52). The molecule has 0 radical (unpaired) electrons. The molecule has 8 nitrogen and oxygen atoms in total. The molecule has 0 bridgehead atoms. The van der Waals surface area contributed by atoms with Crippen molar-refractivity contribution in [3.05, 3.63) is 141 Å². The molecule has 0 saturated heterocycles. The topological polar surface area (TPSA) is 83.1 Å². The first-order valence-corrected chi connectivity index (χ1v) is 18.9. The highest BCUT2D eigenvalue weighted by Crippen LogP contribution is 2.47. The van der Waals surface area contributed by atoms with Crippen LogP contribution in [0.5, 0.6) is 0 Å². The number of halogens is 2. The van der Waals surface area contributed by atoms with Gasteiger partial charge in [0, 0.05) is 24.2 Å². The average Bonchev–Trinajstić information content (AvgIpc) is 3.72. The molecular formula is C44H52F2N4O4. The van der Waals surface area contributed by atoms with Crippen LogP contribution in [0.15, 0.2) is 84.9 Å². The van der Waals surface area contributed by atoms with Crippen LogP contribution >= 0.6 is 0 Å². The summed E-state index contributed by atoms with van der Waals surface area (Å²) in [6.45, 7) is 3.49. The molecule has 0 fully saturated rings. The SMILES string of the molecule is CN(C)CCCC1(c2ccc(F)cc2)OCc2cc(C(=O)NCCCCNC(=O)c3ccc4c(c3)COC4(CCCN(C)C)c3ccc(F)cc3)ccc21. The van der Waals surface area contributed by atoms with E-state index in [0.29, 0.717) is 50.3 Å². The van der Waals surface area contributed by atoms with Gasteiger partial charge in [-0.2, -0.15) is 0 Å². The zero-order valence-corrected chi connectivity index (χ0v) is 31.9. The minimum absolute atomic E-state index is 0.160. The van der Waals surface area contributed by atoms with Crippen LogP contribution in [-0.4, -0.2) is 76.0 Å². The van der Waals surface area contributed by atoms with Gasteiger partial charge in [0.15, 0.2) is 0 Å². The van der Waals surface area contributed by atoms with Crippen molar-refractivity contribution in [2.75, 3.05) is 54.4 Å². The lowest BCUT2D eigenvalue weighted by molar-refractivity contribution is -0.0141. The molecule has 4 aromatic carbocycles. The second-order valence-electron chi connectivity index (χ2n) is 15.0. The van der Waals surface area contributed by atoms with E-state index in [2.05, 4.69) is 20.4 Å². The smallest absolute Gasteiger partial charge is 0.251 e. The highest BCUT2D eigenvalue weighted by Gasteiger charge is 2.43. The predicted molar refractivity (Wildman–Crippen MR) is 206 cm³/mol. The quantitative estimate of drug-likeness (QED) is 0.112. The number of unbranched alkanes of at least 4 members (excludes halogenated alkanes) is 1. The Bertz CT molecular complexity index is 1780. The van der Waals surface area contributed by atoms with E-state index in [1.165, 1.54) is 24.3 Å². The van der Waals surface area contributed by atoms with Crippen LogP contribution in [0.4, 0.5) is 8.78 Å². The fraction of sp³-hybridized carbons (Fsp3) is 0.409. The van der Waals surface area contributed by atoms with Gasteiger partial charge in [0.05, 0.1) is 13.2 Å². The van der Waals surface area contributed by atoms with Crippen LogP contribution in [0.3, 0.4) is 0 Å². The van der Waals surface area contributed by atoms with Crippen molar-refractivity contribution in [2.45, 2.75) is 62.9 Å². The second-order valence-corrected chi connectivity index (χ2v) is 15.0. The fourth-order valence-electron chi connectivity index (χ4n) is 7.82. The average molecular weight is 739 g/mol. The summed E-state index contributed by atoms with van der Waals surface area (Å²) in [5.74, 6) is -0.898. The minimum Gasteiger partial charge on any atom is -0.361 e. The van der Waals surface area contributed by atoms with E-state index in [-0.39, 0.29) is 23.4 Å². The van der Waals surface area contributed by atoms with E-state index >= 15 is 0 Å². The van der Waals surface area contributed by atoms with E-state index in [1.807, 2.05) is 64.6 Å². The van der Waals surface area contributed by atoms with Gasteiger partial charge in [-0.3, -0.25) is 9.59 Å². The molecule has 6 rings (SSSR count). The molecule has 0 aliphatic carbocycles. The number of benzene rings is 4. The van der Waals surface area contributed by atoms with Crippen molar-refractivity contribution in [2.24, 2.45) is 0 Å². The maximum absolute atomic E-state index is 13.8. The lowest BCUT2D eigenvalue weighted by Crippen LogP contribution is -2.29. The van der Waals surface area contributed by atoms with Gasteiger partial charge in [-0.15, -0.1) is 0 Å². The zero-order valence-electron chi connectivity index (χ0n) is 31.9. The Hall–Kier alpha value is -4.48. The van der Waals surface area contributed by atoms with Crippen LogP contribution in [0.25, 0.3) is 0 Å². The number of ether oxygens (including phenoxy) is 2. The third kappa shape index (κ3) is 8.73. The monoisotopic (exact) mass is 738 g/mol. The van der Waals surface area contributed by atoms with Gasteiger partial charge in [0.1, 0.15) is 22.8 Å². The lowest BCUT2D eigenvalue weighted by atomic mass is 9.81. The number of hydrogen-bond acceptors (Lipinski definition) is 6. The Morgan fingerprint density at radius 1 is 0.593 bits per heavy atom. The molecule has 2 amide bonds. The minimum atomic E-state index is -0.688. The molecule has 4 aromatic rings. The second kappa shape index (κ2) is 17.3. The number of amides is 2. The Morgan fingerprint density at radius 2 is 0.981 bits per heavy atom. The number of nitrogens with one attached hydrogen (secondary N) is 2. The first-order valence-electron chi connectivity index (χ1n) is 18.9. The highest BCUT2D eigenvalue weighted by molar-refractivity contribution is 5.95. The van der Waals surface area contributed by atoms with Gasteiger partial charge in [0.2, 0.25) is 0 Å². The Labute approximate surface area is 317 Å². The molecule has 2 N–H and O–H groups in total. The number of carbonyl (C=O) groups is 2. The third-order valence-corrected chi connectivity index (χ3v) is 10.6. The maximum atomic E-state index is 13.8. The van der Waals surface area contributed by atoms with Crippen molar-refractivity contribution >= 4 is 11.8 Å². The van der Waals surface area contributed by atoms with E-state index in [4.69, 9.17) is 9.47 Å². The van der Waals surface area contributed by atoms with Crippen LogP contribution in [0.1, 0.15) is 92.6 Å². The van der Waals surface area contributed by atoms with E-state index in [9.17, 15) is 18.4 Å². The molecule has 2 atom stereocenters. The Morgan fingerprint density at radius 3 is 1.35 bits per heavy atom. The summed E-state index contributed by atoms with van der Waals surface area (Å²) in [5, 5.41) is 6.02. The van der Waals surface area contributed by atoms with Gasteiger partial charge in [-0.05, 0) is 162 Å². The van der Waals surface area contributed by atoms with Crippen molar-refractivity contribution < 1.29 is 27.8 Å². The maximum Gasteiger partial charge on any atom is 0.251 e. The predicted octanol–water partition coefficient (Wildman–Crippen LogP) is 7.14. The van der Waals surface area contributed by atoms with E-state index in [1.54, 1.807) is 24.3 Å². The van der Waals surface area contributed by atoms with E-state index in [0.717, 1.165) is 72.2 Å². The van der Waals surface area contributed by atoms with Gasteiger partial charge in [0.25, 0.3) is 11.8 Å². The van der Waals surface area contributed by atoms with Crippen LogP contribution in [-0.2, 0) is 33.9 Å². The highest BCUT2D eigenvalue weighted by atomic mass is 19.1. The van der Waals surface area contributed by atoms with Crippen molar-refractivity contribution in [3.63, 3.8) is 0 Å². The molecule has 2 aliphatic rings. The largest absolute Gasteiger partial charge is 0.361 e. The molecule has 0 saturated carbocycles. The van der Waals surface area contributed by atoms with Gasteiger partial charge in [-0.1, -0.05) is 36.4 Å². The number of hydrogen-bond donors (Lipinski definition) is 2. The van der Waals surface area contributed by atoms with Crippen LogP contribution < -0.4 is 10.6 Å². The van der Waals surface area contributed by atoms with Gasteiger partial charge < -0.3 is 29.9 Å². The number of fused-ring (bicyclic) bond motifs is 2. The lowest BCUT2D eigenvalue weighted by Gasteiger charge is -2.31. The summed E-state index contributed by atoms with van der Waals surface area (Å²) in [7, 11) is 8.15. The molecule has 10 heteroatoms.